The summed E-state index contributed by atoms with van der Waals surface area (Å²) in [5, 5.41) is 0. The Morgan fingerprint density at radius 3 is 2.88 bits per heavy atom. The minimum Gasteiger partial charge on any atom is -0.334 e. The third kappa shape index (κ3) is 2.07. The topological polar surface area (TPSA) is 59.2 Å². The summed E-state index contributed by atoms with van der Waals surface area (Å²) >= 11 is 0. The van der Waals surface area contributed by atoms with Gasteiger partial charge >= 0.3 is 0 Å². The number of aromatic nitrogens is 1. The Labute approximate surface area is 95.5 Å². The van der Waals surface area contributed by atoms with Gasteiger partial charge in [-0.15, -0.1) is 0 Å². The van der Waals surface area contributed by atoms with Crippen LogP contribution in [0.3, 0.4) is 0 Å². The van der Waals surface area contributed by atoms with Gasteiger partial charge in [0.15, 0.2) is 0 Å². The van der Waals surface area contributed by atoms with Crippen LogP contribution >= 0.6 is 0 Å². The van der Waals surface area contributed by atoms with Crippen molar-refractivity contribution in [1.82, 2.24) is 9.88 Å². The van der Waals surface area contributed by atoms with Crippen molar-refractivity contribution in [2.45, 2.75) is 31.8 Å². The third-order valence-electron chi connectivity index (χ3n) is 3.02. The SMILES string of the molecule is C[C@@H](N)C(=O)N1CCCC1c1ccncc1. The number of pyridine rings is 1. The molecular weight excluding hydrogens is 202 g/mol. The molecule has 1 amide bonds. The predicted molar refractivity (Wildman–Crippen MR) is 61.6 cm³/mol. The van der Waals surface area contributed by atoms with Gasteiger partial charge in [0.1, 0.15) is 0 Å². The molecule has 1 saturated heterocycles. The van der Waals surface area contributed by atoms with E-state index in [9.17, 15) is 4.79 Å². The predicted octanol–water partition coefficient (Wildman–Crippen LogP) is 1.09. The zero-order valence-electron chi connectivity index (χ0n) is 9.47. The first-order chi connectivity index (χ1) is 7.70. The Morgan fingerprint density at radius 1 is 1.56 bits per heavy atom. The maximum atomic E-state index is 11.9. The van der Waals surface area contributed by atoms with Crippen LogP contribution in [0.25, 0.3) is 0 Å². The van der Waals surface area contributed by atoms with E-state index in [4.69, 9.17) is 5.73 Å². The normalized spacial score (nSPS) is 22.1. The van der Waals surface area contributed by atoms with E-state index < -0.39 is 6.04 Å². The molecule has 0 aliphatic carbocycles. The van der Waals surface area contributed by atoms with Crippen molar-refractivity contribution in [3.8, 4) is 0 Å². The fourth-order valence-corrected chi connectivity index (χ4v) is 2.22. The second-order valence-corrected chi connectivity index (χ2v) is 4.26. The summed E-state index contributed by atoms with van der Waals surface area (Å²) in [5.41, 5.74) is 6.81. The summed E-state index contributed by atoms with van der Waals surface area (Å²) in [5.74, 6) is 0.0410. The van der Waals surface area contributed by atoms with E-state index in [2.05, 4.69) is 4.98 Å². The number of carbonyl (C=O) groups is 1. The minimum absolute atomic E-state index is 0.0410. The number of amides is 1. The van der Waals surface area contributed by atoms with E-state index in [0.717, 1.165) is 24.9 Å². The molecule has 0 radical (unpaired) electrons. The first kappa shape index (κ1) is 11.1. The molecule has 2 N–H and O–H groups in total. The molecule has 0 spiro atoms. The fourth-order valence-electron chi connectivity index (χ4n) is 2.22. The number of hydrogen-bond donors (Lipinski definition) is 1. The van der Waals surface area contributed by atoms with E-state index in [1.54, 1.807) is 19.3 Å². The molecule has 4 heteroatoms. The van der Waals surface area contributed by atoms with E-state index in [-0.39, 0.29) is 11.9 Å². The summed E-state index contributed by atoms with van der Waals surface area (Å²) in [6.45, 7) is 2.55. The Kier molecular flexibility index (Phi) is 3.19. The quantitative estimate of drug-likeness (QED) is 0.810. The summed E-state index contributed by atoms with van der Waals surface area (Å²) < 4.78 is 0. The number of nitrogens with zero attached hydrogens (tertiary/aromatic N) is 2. The molecule has 16 heavy (non-hydrogen) atoms. The van der Waals surface area contributed by atoms with Crippen LogP contribution in [-0.2, 0) is 4.79 Å². The van der Waals surface area contributed by atoms with Gasteiger partial charge in [-0.2, -0.15) is 0 Å². The summed E-state index contributed by atoms with van der Waals surface area (Å²) in [6, 6.07) is 3.71. The van der Waals surface area contributed by atoms with Gasteiger partial charge in [0, 0.05) is 18.9 Å². The highest BCUT2D eigenvalue weighted by molar-refractivity contribution is 5.81. The molecule has 1 aliphatic rings. The van der Waals surface area contributed by atoms with Crippen LogP contribution in [0.4, 0.5) is 0 Å². The molecule has 2 heterocycles. The number of likely N-dealkylation sites (tertiary alicyclic amines) is 1. The molecule has 1 unspecified atom stereocenters. The van der Waals surface area contributed by atoms with Crippen molar-refractivity contribution in [3.05, 3.63) is 30.1 Å². The Hall–Kier alpha value is -1.42. The smallest absolute Gasteiger partial charge is 0.239 e. The van der Waals surface area contributed by atoms with Gasteiger partial charge < -0.3 is 10.6 Å². The maximum absolute atomic E-state index is 11.9. The van der Waals surface area contributed by atoms with Crippen LogP contribution in [0.2, 0.25) is 0 Å². The Balaban J connectivity index is 2.19. The monoisotopic (exact) mass is 219 g/mol. The van der Waals surface area contributed by atoms with Crippen LogP contribution < -0.4 is 5.73 Å². The minimum atomic E-state index is -0.414. The van der Waals surface area contributed by atoms with Gasteiger partial charge in [-0.1, -0.05) is 0 Å². The molecule has 1 aromatic heterocycles. The van der Waals surface area contributed by atoms with Gasteiger partial charge in [0.05, 0.1) is 12.1 Å². The molecule has 2 atom stereocenters. The lowest BCUT2D eigenvalue weighted by molar-refractivity contribution is -0.133. The van der Waals surface area contributed by atoms with Crippen molar-refractivity contribution in [2.75, 3.05) is 6.54 Å². The van der Waals surface area contributed by atoms with Gasteiger partial charge in [0.2, 0.25) is 5.91 Å². The van der Waals surface area contributed by atoms with Crippen molar-refractivity contribution in [3.63, 3.8) is 0 Å². The van der Waals surface area contributed by atoms with Crippen LogP contribution in [-0.4, -0.2) is 28.4 Å². The van der Waals surface area contributed by atoms with Crippen LogP contribution in [0.1, 0.15) is 31.4 Å². The largest absolute Gasteiger partial charge is 0.334 e. The second-order valence-electron chi connectivity index (χ2n) is 4.26. The summed E-state index contributed by atoms with van der Waals surface area (Å²) in [6.07, 6.45) is 5.60. The molecule has 0 saturated carbocycles. The van der Waals surface area contributed by atoms with E-state index in [0.29, 0.717) is 0 Å². The maximum Gasteiger partial charge on any atom is 0.239 e. The standard InChI is InChI=1S/C12H17N3O/c1-9(13)12(16)15-8-2-3-11(15)10-4-6-14-7-5-10/h4-7,9,11H,2-3,8,13H2,1H3/t9-,11?/m1/s1. The van der Waals surface area contributed by atoms with Crippen LogP contribution in [0.15, 0.2) is 24.5 Å². The summed E-state index contributed by atoms with van der Waals surface area (Å²) in [7, 11) is 0. The molecule has 86 valence electrons. The van der Waals surface area contributed by atoms with E-state index in [1.165, 1.54) is 0 Å². The number of rotatable bonds is 2. The first-order valence-corrected chi connectivity index (χ1v) is 5.66. The lowest BCUT2D eigenvalue weighted by Crippen LogP contribution is -2.41. The Bertz CT molecular complexity index is 364. The molecule has 0 bridgehead atoms. The van der Waals surface area contributed by atoms with Crippen molar-refractivity contribution in [1.29, 1.82) is 0 Å². The Morgan fingerprint density at radius 2 is 2.25 bits per heavy atom. The van der Waals surface area contributed by atoms with Crippen LogP contribution in [0.5, 0.6) is 0 Å². The van der Waals surface area contributed by atoms with Gasteiger partial charge in [0.25, 0.3) is 0 Å². The van der Waals surface area contributed by atoms with Crippen molar-refractivity contribution >= 4 is 5.91 Å². The highest BCUT2D eigenvalue weighted by Gasteiger charge is 2.30. The van der Waals surface area contributed by atoms with Crippen molar-refractivity contribution < 1.29 is 4.79 Å². The highest BCUT2D eigenvalue weighted by Crippen LogP contribution is 2.31. The second kappa shape index (κ2) is 4.61. The van der Waals surface area contributed by atoms with Crippen LogP contribution in [0, 0.1) is 0 Å². The summed E-state index contributed by atoms with van der Waals surface area (Å²) in [4.78, 5) is 17.8. The van der Waals surface area contributed by atoms with Gasteiger partial charge in [-0.05, 0) is 37.5 Å². The molecular formula is C12H17N3O. The molecule has 0 aromatic carbocycles. The lowest BCUT2D eigenvalue weighted by Gasteiger charge is -2.26. The number of carbonyl (C=O) groups excluding carboxylic acids is 1. The zero-order valence-corrected chi connectivity index (χ0v) is 9.47. The fraction of sp³-hybridized carbons (Fsp3) is 0.500. The van der Waals surface area contributed by atoms with Gasteiger partial charge in [-0.3, -0.25) is 9.78 Å². The van der Waals surface area contributed by atoms with E-state index >= 15 is 0 Å². The zero-order chi connectivity index (χ0) is 11.5. The molecule has 1 fully saturated rings. The highest BCUT2D eigenvalue weighted by atomic mass is 16.2. The first-order valence-electron chi connectivity index (χ1n) is 5.66. The third-order valence-corrected chi connectivity index (χ3v) is 3.02. The molecule has 2 rings (SSSR count). The number of nitrogens with two attached hydrogens (primary N) is 1. The molecule has 4 nitrogen and oxygen atoms in total. The average molecular weight is 219 g/mol. The average Bonchev–Trinajstić information content (AvgIpc) is 2.77. The molecule has 1 aromatic rings. The number of hydrogen-bond acceptors (Lipinski definition) is 3. The van der Waals surface area contributed by atoms with Crippen molar-refractivity contribution in [2.24, 2.45) is 5.73 Å². The van der Waals surface area contributed by atoms with Gasteiger partial charge in [-0.25, -0.2) is 0 Å². The van der Waals surface area contributed by atoms with E-state index in [1.807, 2.05) is 17.0 Å². The molecule has 1 aliphatic heterocycles. The lowest BCUT2D eigenvalue weighted by atomic mass is 10.1.